The molecule has 0 aliphatic carbocycles. The van der Waals surface area contributed by atoms with Crippen molar-refractivity contribution in [1.82, 2.24) is 4.98 Å². The van der Waals surface area contributed by atoms with Crippen LogP contribution in [0.5, 0.6) is 0 Å². The second-order valence-corrected chi connectivity index (χ2v) is 4.41. The summed E-state index contributed by atoms with van der Waals surface area (Å²) in [6, 6.07) is 1.09. The van der Waals surface area contributed by atoms with Crippen molar-refractivity contribution in [2.24, 2.45) is 0 Å². The highest BCUT2D eigenvalue weighted by molar-refractivity contribution is 7.09. The van der Waals surface area contributed by atoms with Crippen LogP contribution in [0.3, 0.4) is 0 Å². The fourth-order valence-corrected chi connectivity index (χ4v) is 2.15. The van der Waals surface area contributed by atoms with Crippen molar-refractivity contribution in [3.63, 3.8) is 0 Å². The minimum absolute atomic E-state index is 0.00284. The molecule has 2 nitrogen and oxygen atoms in total. The Morgan fingerprint density at radius 2 is 1.88 bits per heavy atom. The van der Waals surface area contributed by atoms with Gasteiger partial charge in [-0.3, -0.25) is 0 Å². The number of halogens is 3. The third kappa shape index (κ3) is 2.65. The fourth-order valence-electron chi connectivity index (χ4n) is 1.49. The normalized spacial score (nSPS) is 12.7. The van der Waals surface area contributed by atoms with E-state index in [0.717, 1.165) is 0 Å². The molecule has 2 aromatic rings. The number of aliphatic hydroxyl groups excluding tert-OH is 1. The Balaban J connectivity index is 2.27. The van der Waals surface area contributed by atoms with Crippen LogP contribution in [0.2, 0.25) is 0 Å². The summed E-state index contributed by atoms with van der Waals surface area (Å²) in [5, 5.41) is 12.0. The number of rotatable bonds is 3. The first kappa shape index (κ1) is 12.1. The van der Waals surface area contributed by atoms with Crippen molar-refractivity contribution in [3.05, 3.63) is 51.7 Å². The number of aliphatic hydroxyl groups is 1. The number of thiazole rings is 1. The van der Waals surface area contributed by atoms with Crippen molar-refractivity contribution in [2.75, 3.05) is 0 Å². The van der Waals surface area contributed by atoms with E-state index in [1.807, 2.05) is 0 Å². The van der Waals surface area contributed by atoms with Crippen LogP contribution >= 0.6 is 11.3 Å². The van der Waals surface area contributed by atoms with E-state index in [2.05, 4.69) is 4.98 Å². The Morgan fingerprint density at radius 1 is 1.24 bits per heavy atom. The third-order valence-electron chi connectivity index (χ3n) is 2.23. The Hall–Kier alpha value is -1.40. The van der Waals surface area contributed by atoms with Gasteiger partial charge in [0.05, 0.1) is 16.7 Å². The van der Waals surface area contributed by atoms with Crippen LogP contribution in [0.15, 0.2) is 23.7 Å². The minimum atomic E-state index is -1.37. The molecular weight excluding hydrogens is 251 g/mol. The molecule has 0 saturated carbocycles. The van der Waals surface area contributed by atoms with Crippen LogP contribution in [0.4, 0.5) is 13.2 Å². The van der Waals surface area contributed by atoms with Crippen LogP contribution in [0.25, 0.3) is 0 Å². The summed E-state index contributed by atoms with van der Waals surface area (Å²) in [5.41, 5.74) is -0.526. The fraction of sp³-hybridized carbons (Fsp3) is 0.182. The second kappa shape index (κ2) is 4.85. The summed E-state index contributed by atoms with van der Waals surface area (Å²) < 4.78 is 39.3. The molecular formula is C11H8F3NOS. The molecule has 0 bridgehead atoms. The van der Waals surface area contributed by atoms with Crippen molar-refractivity contribution >= 4 is 11.3 Å². The maximum Gasteiger partial charge on any atom is 0.134 e. The summed E-state index contributed by atoms with van der Waals surface area (Å²) in [4.78, 5) is 3.90. The van der Waals surface area contributed by atoms with Crippen molar-refractivity contribution < 1.29 is 18.3 Å². The Labute approximate surface area is 99.4 Å². The lowest BCUT2D eigenvalue weighted by Gasteiger charge is -2.11. The Morgan fingerprint density at radius 3 is 2.41 bits per heavy atom. The average molecular weight is 259 g/mol. The number of benzene rings is 1. The van der Waals surface area contributed by atoms with Gasteiger partial charge in [0.1, 0.15) is 17.5 Å². The number of aromatic nitrogens is 1. The van der Waals surface area contributed by atoms with E-state index in [4.69, 9.17) is 0 Å². The first-order valence-corrected chi connectivity index (χ1v) is 5.66. The van der Waals surface area contributed by atoms with Crippen LogP contribution in [-0.4, -0.2) is 10.1 Å². The van der Waals surface area contributed by atoms with Gasteiger partial charge in [-0.1, -0.05) is 0 Å². The number of hydrogen-bond donors (Lipinski definition) is 1. The maximum atomic E-state index is 13.3. The van der Waals surface area contributed by atoms with Gasteiger partial charge in [0.15, 0.2) is 0 Å². The van der Waals surface area contributed by atoms with Gasteiger partial charge in [-0.25, -0.2) is 18.2 Å². The molecule has 0 aliphatic rings. The van der Waals surface area contributed by atoms with Crippen LogP contribution in [0, 0.1) is 17.5 Å². The molecule has 2 rings (SSSR count). The highest BCUT2D eigenvalue weighted by Crippen LogP contribution is 2.25. The van der Waals surface area contributed by atoms with Crippen molar-refractivity contribution in [1.29, 1.82) is 0 Å². The summed E-state index contributed by atoms with van der Waals surface area (Å²) >= 11 is 1.27. The molecule has 0 spiro atoms. The largest absolute Gasteiger partial charge is 0.388 e. The van der Waals surface area contributed by atoms with Crippen molar-refractivity contribution in [2.45, 2.75) is 12.5 Å². The van der Waals surface area contributed by atoms with Gasteiger partial charge in [-0.05, 0) is 0 Å². The lowest BCUT2D eigenvalue weighted by molar-refractivity contribution is 0.168. The quantitative estimate of drug-likeness (QED) is 0.919. The van der Waals surface area contributed by atoms with Gasteiger partial charge in [0.25, 0.3) is 0 Å². The van der Waals surface area contributed by atoms with E-state index in [-0.39, 0.29) is 6.42 Å². The topological polar surface area (TPSA) is 33.1 Å². The molecule has 0 aliphatic heterocycles. The van der Waals surface area contributed by atoms with Gasteiger partial charge in [0.2, 0.25) is 0 Å². The van der Waals surface area contributed by atoms with E-state index in [0.29, 0.717) is 17.1 Å². The van der Waals surface area contributed by atoms with Gasteiger partial charge in [-0.2, -0.15) is 0 Å². The average Bonchev–Trinajstić information content (AvgIpc) is 2.68. The van der Waals surface area contributed by atoms with Gasteiger partial charge >= 0.3 is 0 Å². The molecule has 90 valence electrons. The molecule has 0 fully saturated rings. The molecule has 6 heteroatoms. The van der Waals surface area contributed by atoms with Crippen molar-refractivity contribution in [3.8, 4) is 0 Å². The highest BCUT2D eigenvalue weighted by atomic mass is 32.1. The zero-order valence-corrected chi connectivity index (χ0v) is 9.35. The first-order chi connectivity index (χ1) is 8.08. The second-order valence-electron chi connectivity index (χ2n) is 3.43. The molecule has 0 amide bonds. The zero-order valence-electron chi connectivity index (χ0n) is 8.53. The molecule has 0 radical (unpaired) electrons. The Kier molecular flexibility index (Phi) is 3.44. The van der Waals surface area contributed by atoms with Crippen LogP contribution < -0.4 is 0 Å². The third-order valence-corrected chi connectivity index (χ3v) is 3.03. The van der Waals surface area contributed by atoms with E-state index in [1.54, 1.807) is 5.38 Å². The van der Waals surface area contributed by atoms with Gasteiger partial charge < -0.3 is 5.11 Å². The van der Waals surface area contributed by atoms with Gasteiger partial charge in [0, 0.05) is 30.1 Å². The number of hydrogen-bond acceptors (Lipinski definition) is 3. The minimum Gasteiger partial charge on any atom is -0.388 e. The molecule has 0 saturated heterocycles. The standard InChI is InChI=1S/C11H8F3NOS/c12-6-3-7(13)11(8(14)4-6)9(16)5-10-15-1-2-17-10/h1-4,9,16H,5H2. The predicted octanol–water partition coefficient (Wildman–Crippen LogP) is 2.84. The zero-order chi connectivity index (χ0) is 12.4. The maximum absolute atomic E-state index is 13.3. The summed E-state index contributed by atoms with van der Waals surface area (Å²) in [6.07, 6.45) is 0.156. The molecule has 1 aromatic carbocycles. The van der Waals surface area contributed by atoms with Crippen LogP contribution in [-0.2, 0) is 6.42 Å². The smallest absolute Gasteiger partial charge is 0.134 e. The molecule has 1 atom stereocenters. The summed E-state index contributed by atoms with van der Waals surface area (Å²) in [7, 11) is 0. The van der Waals surface area contributed by atoms with Crippen LogP contribution in [0.1, 0.15) is 16.7 Å². The highest BCUT2D eigenvalue weighted by Gasteiger charge is 2.20. The van der Waals surface area contributed by atoms with E-state index < -0.39 is 29.1 Å². The molecule has 17 heavy (non-hydrogen) atoms. The van der Waals surface area contributed by atoms with E-state index in [1.165, 1.54) is 17.5 Å². The number of nitrogens with zero attached hydrogens (tertiary/aromatic N) is 1. The van der Waals surface area contributed by atoms with E-state index >= 15 is 0 Å². The molecule has 1 heterocycles. The predicted molar refractivity (Wildman–Crippen MR) is 57.1 cm³/mol. The summed E-state index contributed by atoms with van der Waals surface area (Å²) in [6.45, 7) is 0. The molecule has 1 unspecified atom stereocenters. The molecule has 1 aromatic heterocycles. The van der Waals surface area contributed by atoms with Gasteiger partial charge in [-0.15, -0.1) is 11.3 Å². The monoisotopic (exact) mass is 259 g/mol. The molecule has 1 N–H and O–H groups in total. The Bertz CT molecular complexity index is 492. The summed E-state index contributed by atoms with van der Waals surface area (Å²) in [5.74, 6) is -3.19. The van der Waals surface area contributed by atoms with E-state index in [9.17, 15) is 18.3 Å². The first-order valence-electron chi connectivity index (χ1n) is 4.79. The lowest BCUT2D eigenvalue weighted by Crippen LogP contribution is -2.07. The SMILES string of the molecule is OC(Cc1nccs1)c1c(F)cc(F)cc1F. The lowest BCUT2D eigenvalue weighted by atomic mass is 10.1.